The monoisotopic (exact) mass is 192 g/mol. The summed E-state index contributed by atoms with van der Waals surface area (Å²) >= 11 is 0. The third-order valence-corrected chi connectivity index (χ3v) is 2.28. The summed E-state index contributed by atoms with van der Waals surface area (Å²) in [6.45, 7) is 5.13. The Balaban J connectivity index is 4.16. The maximum absolute atomic E-state index is 11.2. The predicted molar refractivity (Wildman–Crippen MR) is 49.4 cm³/mol. The molecule has 0 N–H and O–H groups in total. The van der Waals surface area contributed by atoms with E-state index >= 15 is 0 Å². The van der Waals surface area contributed by atoms with E-state index in [0.717, 1.165) is 0 Å². The van der Waals surface area contributed by atoms with Crippen LogP contribution >= 0.6 is 9.41 Å². The molecule has 0 saturated carbocycles. The number of Topliss-reactive ketones (excluding diaryl/α,β-unsaturated/α-hetero) is 1. The van der Waals surface area contributed by atoms with Gasteiger partial charge >= 0.3 is 5.97 Å². The van der Waals surface area contributed by atoms with E-state index < -0.39 is 21.3 Å². The van der Waals surface area contributed by atoms with Crippen molar-refractivity contribution in [2.24, 2.45) is 11.8 Å². The molecule has 0 aliphatic heterocycles. The quantitative estimate of drug-likeness (QED) is 0.621. The normalized spacial score (nSPS) is 17.1. The second kappa shape index (κ2) is 5.26. The number of rotatable bonds is 5. The van der Waals surface area contributed by atoms with Gasteiger partial charge in [-0.05, 0) is 0 Å². The molecule has 0 radical (unpaired) electrons. The molecule has 0 aliphatic rings. The Kier molecular flexibility index (Phi) is 4.23. The van der Waals surface area contributed by atoms with Crippen LogP contribution in [0.25, 0.3) is 0 Å². The van der Waals surface area contributed by atoms with E-state index in [1.807, 2.05) is 0 Å². The van der Waals surface area contributed by atoms with E-state index in [0.29, 0.717) is 6.42 Å². The fraction of sp³-hybridized carbons (Fsp3) is 0.750. The Morgan fingerprint density at radius 2 is 2.08 bits per heavy atom. The van der Waals surface area contributed by atoms with E-state index in [4.69, 9.17) is 1.28 Å². The zero-order chi connectivity index (χ0) is 10.4. The van der Waals surface area contributed by atoms with Crippen molar-refractivity contribution in [1.82, 2.24) is 0 Å². The Labute approximate surface area is 76.4 Å². The molecule has 0 aliphatic carbocycles. The van der Waals surface area contributed by atoms with Crippen molar-refractivity contribution in [1.29, 1.82) is 1.28 Å². The van der Waals surface area contributed by atoms with Gasteiger partial charge in [0.15, 0.2) is 0 Å². The van der Waals surface area contributed by atoms with Crippen LogP contribution < -0.4 is 0 Å². The lowest BCUT2D eigenvalue weighted by Gasteiger charge is -2.14. The Hall–Kier alpha value is -0.430. The van der Waals surface area contributed by atoms with Crippen molar-refractivity contribution < 1.29 is 14.1 Å². The van der Waals surface area contributed by atoms with Gasteiger partial charge in [0.25, 0.3) is 0 Å². The minimum absolute atomic E-state index is 0.0535. The average molecular weight is 192 g/mol. The molecule has 0 spiro atoms. The standard InChI is InChI=1S/C8H15O3P/c1-4-7(9)5(2)6(3)8(10)11-12/h5-6H,4,12H2,1-3H3/i12T. The Morgan fingerprint density at radius 1 is 1.50 bits per heavy atom. The molecule has 70 valence electrons. The van der Waals surface area contributed by atoms with Gasteiger partial charge in [-0.1, -0.05) is 20.8 Å². The van der Waals surface area contributed by atoms with Gasteiger partial charge in [0.05, 0.1) is 16.6 Å². The summed E-state index contributed by atoms with van der Waals surface area (Å²) < 4.78 is 11.2. The number of hydrogen-bond acceptors (Lipinski definition) is 3. The lowest BCUT2D eigenvalue weighted by molar-refractivity contribution is -0.142. The zero-order valence-electron chi connectivity index (χ0n) is 8.59. The summed E-state index contributed by atoms with van der Waals surface area (Å²) in [5.74, 6) is -1.15. The summed E-state index contributed by atoms with van der Waals surface area (Å²) in [6.07, 6.45) is 0.432. The lowest BCUT2D eigenvalue weighted by Crippen LogP contribution is -2.25. The molecule has 0 aromatic rings. The van der Waals surface area contributed by atoms with Gasteiger partial charge in [0.1, 0.15) is 5.78 Å². The van der Waals surface area contributed by atoms with E-state index in [2.05, 4.69) is 4.52 Å². The van der Waals surface area contributed by atoms with Crippen LogP contribution in [0.1, 0.15) is 27.2 Å². The van der Waals surface area contributed by atoms with Crippen LogP contribution in [0, 0.1) is 11.8 Å². The lowest BCUT2D eigenvalue weighted by atomic mass is 9.91. The zero-order valence-corrected chi connectivity index (χ0v) is 8.59. The molecule has 0 bridgehead atoms. The number of carbonyl (C=O) groups is 2. The van der Waals surface area contributed by atoms with Gasteiger partial charge < -0.3 is 4.52 Å². The first-order valence-corrected chi connectivity index (χ1v) is 4.35. The second-order valence-corrected chi connectivity index (χ2v) is 3.02. The van der Waals surface area contributed by atoms with Gasteiger partial charge in [0, 0.05) is 12.3 Å². The first-order chi connectivity index (χ1) is 6.04. The van der Waals surface area contributed by atoms with E-state index in [9.17, 15) is 9.59 Å². The molecule has 0 saturated heterocycles. The van der Waals surface area contributed by atoms with Crippen molar-refractivity contribution in [2.75, 3.05) is 0 Å². The van der Waals surface area contributed by atoms with Crippen molar-refractivity contribution in [3.8, 4) is 0 Å². The van der Waals surface area contributed by atoms with Crippen molar-refractivity contribution in [3.63, 3.8) is 0 Å². The minimum atomic E-state index is -0.593. The number of carbonyl (C=O) groups excluding carboxylic acids is 2. The average Bonchev–Trinajstić information content (AvgIpc) is 2.14. The van der Waals surface area contributed by atoms with Gasteiger partial charge in [-0.25, -0.2) is 0 Å². The highest BCUT2D eigenvalue weighted by molar-refractivity contribution is 7.10. The second-order valence-electron chi connectivity index (χ2n) is 2.82. The van der Waals surface area contributed by atoms with E-state index in [1.165, 1.54) is 0 Å². The van der Waals surface area contributed by atoms with Crippen molar-refractivity contribution in [3.05, 3.63) is 0 Å². The SMILES string of the molecule is [3H]POC(=O)C(C)C(C)C(=O)CC. The molecule has 0 aromatic carbocycles. The third-order valence-electron chi connectivity index (χ3n) is 2.08. The third kappa shape index (κ3) is 2.90. The van der Waals surface area contributed by atoms with Crippen LogP contribution in [0.5, 0.6) is 0 Å². The van der Waals surface area contributed by atoms with Crippen LogP contribution in [0.3, 0.4) is 0 Å². The summed E-state index contributed by atoms with van der Waals surface area (Å²) in [7, 11) is -0.593. The van der Waals surface area contributed by atoms with Crippen LogP contribution in [0.15, 0.2) is 0 Å². The largest absolute Gasteiger partial charge is 0.451 e. The summed E-state index contributed by atoms with van der Waals surface area (Å²) in [4.78, 5) is 22.3. The molecule has 0 heterocycles. The number of ketones is 1. The van der Waals surface area contributed by atoms with Gasteiger partial charge in [0.2, 0.25) is 0 Å². The molecule has 0 rings (SSSR count). The summed E-state index contributed by atoms with van der Waals surface area (Å²) in [6, 6.07) is 0. The maximum Gasteiger partial charge on any atom is 0.311 e. The molecule has 12 heavy (non-hydrogen) atoms. The highest BCUT2D eigenvalue weighted by Crippen LogP contribution is 2.16. The molecule has 4 heteroatoms. The smallest absolute Gasteiger partial charge is 0.311 e. The highest BCUT2D eigenvalue weighted by Gasteiger charge is 2.25. The Bertz CT molecular complexity index is 196. The first kappa shape index (κ1) is 9.66. The summed E-state index contributed by atoms with van der Waals surface area (Å²) in [5, 5.41) is 0. The predicted octanol–water partition coefficient (Wildman–Crippen LogP) is 1.57. The first-order valence-electron chi connectivity index (χ1n) is 4.44. The topological polar surface area (TPSA) is 43.4 Å². The fourth-order valence-electron chi connectivity index (χ4n) is 0.898. The highest BCUT2D eigenvalue weighted by atomic mass is 31.0. The molecule has 0 aromatic heterocycles. The fourth-order valence-corrected chi connectivity index (χ4v) is 1.08. The van der Waals surface area contributed by atoms with Gasteiger partial charge in [-0.2, -0.15) is 0 Å². The van der Waals surface area contributed by atoms with E-state index in [1.54, 1.807) is 20.8 Å². The van der Waals surface area contributed by atoms with Crippen LogP contribution in [-0.4, -0.2) is 13.0 Å². The molecule has 3 unspecified atom stereocenters. The Morgan fingerprint density at radius 3 is 2.50 bits per heavy atom. The molecule has 0 amide bonds. The molecular formula is C8H15O3P. The van der Waals surface area contributed by atoms with Gasteiger partial charge in [-0.15, -0.1) is 0 Å². The van der Waals surface area contributed by atoms with Crippen LogP contribution in [-0.2, 0) is 14.1 Å². The summed E-state index contributed by atoms with van der Waals surface area (Å²) in [5.41, 5.74) is 0. The van der Waals surface area contributed by atoms with Crippen LogP contribution in [0.2, 0.25) is 0 Å². The number of hydrogen-bond donors (Lipinski definition) is 0. The minimum Gasteiger partial charge on any atom is -0.451 e. The van der Waals surface area contributed by atoms with Crippen molar-refractivity contribution in [2.45, 2.75) is 27.2 Å². The maximum atomic E-state index is 11.2. The van der Waals surface area contributed by atoms with E-state index in [-0.39, 0.29) is 11.7 Å². The molecule has 3 atom stereocenters. The molecular weight excluding hydrogens is 175 g/mol. The van der Waals surface area contributed by atoms with Gasteiger partial charge in [-0.3, -0.25) is 9.59 Å². The van der Waals surface area contributed by atoms with Crippen molar-refractivity contribution >= 4 is 21.2 Å². The van der Waals surface area contributed by atoms with Crippen LogP contribution in [0.4, 0.5) is 0 Å². The molecule has 0 fully saturated rings. The molecule has 3 nitrogen and oxygen atoms in total.